The summed E-state index contributed by atoms with van der Waals surface area (Å²) in [6.45, 7) is 2.36. The Morgan fingerprint density at radius 1 is 0.682 bits per heavy atom. The maximum absolute atomic E-state index is 2.36. The molecule has 0 aliphatic heterocycles. The van der Waals surface area contributed by atoms with Crippen molar-refractivity contribution in [1.82, 2.24) is 0 Å². The minimum Gasteiger partial charge on any atom is -0.0622 e. The summed E-state index contributed by atoms with van der Waals surface area (Å²) in [4.78, 5) is 0. The van der Waals surface area contributed by atoms with Crippen LogP contribution in [0.5, 0.6) is 0 Å². The molecule has 0 N–H and O–H groups in total. The number of fused-ring (bicyclic) bond motifs is 2. The Morgan fingerprint density at radius 2 is 1.18 bits per heavy atom. The third-order valence-electron chi connectivity index (χ3n) is 4.99. The average molecular weight is 284 g/mol. The number of benzene rings is 3. The summed E-state index contributed by atoms with van der Waals surface area (Å²) in [5.41, 5.74) is 7.37. The van der Waals surface area contributed by atoms with Crippen LogP contribution >= 0.6 is 0 Å². The Labute approximate surface area is 132 Å². The zero-order valence-electron chi connectivity index (χ0n) is 12.9. The van der Waals surface area contributed by atoms with Gasteiger partial charge in [0.25, 0.3) is 0 Å². The molecule has 22 heavy (non-hydrogen) atoms. The Bertz CT molecular complexity index is 740. The van der Waals surface area contributed by atoms with Crippen LogP contribution in [0.3, 0.4) is 0 Å². The molecule has 3 aromatic carbocycles. The Morgan fingerprint density at radius 3 is 1.77 bits per heavy atom. The summed E-state index contributed by atoms with van der Waals surface area (Å²) in [5, 5.41) is 0. The van der Waals surface area contributed by atoms with Crippen molar-refractivity contribution in [2.75, 3.05) is 0 Å². The minimum atomic E-state index is 0.448. The smallest absolute Gasteiger partial charge is 0.0161 e. The van der Waals surface area contributed by atoms with Gasteiger partial charge in [-0.05, 0) is 40.2 Å². The summed E-state index contributed by atoms with van der Waals surface area (Å²) < 4.78 is 0. The van der Waals surface area contributed by atoms with Crippen LogP contribution in [0.15, 0.2) is 78.9 Å². The third kappa shape index (κ3) is 2.16. The SMILES string of the molecule is CC(c1ccccc1)C1c2ccccc2Cc2ccccc21. The van der Waals surface area contributed by atoms with Gasteiger partial charge in [-0.25, -0.2) is 0 Å². The highest BCUT2D eigenvalue weighted by atomic mass is 14.3. The molecule has 0 heteroatoms. The van der Waals surface area contributed by atoms with E-state index >= 15 is 0 Å². The zero-order chi connectivity index (χ0) is 14.9. The molecular formula is C22H20. The zero-order valence-corrected chi connectivity index (χ0v) is 12.9. The van der Waals surface area contributed by atoms with E-state index in [1.54, 1.807) is 0 Å². The van der Waals surface area contributed by atoms with E-state index < -0.39 is 0 Å². The van der Waals surface area contributed by atoms with E-state index in [0.717, 1.165) is 6.42 Å². The van der Waals surface area contributed by atoms with Crippen LogP contribution in [0.25, 0.3) is 0 Å². The lowest BCUT2D eigenvalue weighted by Gasteiger charge is -2.33. The molecule has 1 aliphatic rings. The fourth-order valence-corrected chi connectivity index (χ4v) is 3.86. The van der Waals surface area contributed by atoms with E-state index in [1.165, 1.54) is 27.8 Å². The standard InChI is InChI=1S/C22H20/c1-16(17-9-3-2-4-10-17)22-20-13-7-5-11-18(20)15-19-12-6-8-14-21(19)22/h2-14,16,22H,15H2,1H3. The summed E-state index contributed by atoms with van der Waals surface area (Å²) in [7, 11) is 0. The predicted octanol–water partition coefficient (Wildman–Crippen LogP) is 5.53. The number of hydrogen-bond donors (Lipinski definition) is 0. The second kappa shape index (κ2) is 5.46. The van der Waals surface area contributed by atoms with Crippen LogP contribution in [-0.2, 0) is 6.42 Å². The molecule has 0 spiro atoms. The van der Waals surface area contributed by atoms with Crippen LogP contribution < -0.4 is 0 Å². The maximum atomic E-state index is 2.36. The summed E-state index contributed by atoms with van der Waals surface area (Å²) in [6, 6.07) is 28.8. The highest BCUT2D eigenvalue weighted by Crippen LogP contribution is 2.44. The molecule has 1 atom stereocenters. The molecule has 0 saturated heterocycles. The van der Waals surface area contributed by atoms with Gasteiger partial charge in [-0.1, -0.05) is 85.8 Å². The molecule has 3 aromatic rings. The van der Waals surface area contributed by atoms with E-state index in [-0.39, 0.29) is 0 Å². The normalized spacial score (nSPS) is 15.0. The van der Waals surface area contributed by atoms with Crippen molar-refractivity contribution in [1.29, 1.82) is 0 Å². The first-order valence-electron chi connectivity index (χ1n) is 8.05. The lowest BCUT2D eigenvalue weighted by Crippen LogP contribution is -2.18. The highest BCUT2D eigenvalue weighted by molar-refractivity contribution is 5.51. The lowest BCUT2D eigenvalue weighted by molar-refractivity contribution is 0.636. The molecule has 108 valence electrons. The molecule has 4 rings (SSSR count). The van der Waals surface area contributed by atoms with Gasteiger partial charge in [0.15, 0.2) is 0 Å². The van der Waals surface area contributed by atoms with Gasteiger partial charge in [0, 0.05) is 5.92 Å². The average Bonchev–Trinajstić information content (AvgIpc) is 2.60. The van der Waals surface area contributed by atoms with E-state index in [2.05, 4.69) is 85.8 Å². The van der Waals surface area contributed by atoms with Crippen molar-refractivity contribution in [2.45, 2.75) is 25.2 Å². The molecule has 0 bridgehead atoms. The quantitative estimate of drug-likeness (QED) is 0.580. The lowest BCUT2D eigenvalue weighted by atomic mass is 9.71. The largest absolute Gasteiger partial charge is 0.0622 e. The van der Waals surface area contributed by atoms with Crippen LogP contribution in [0.4, 0.5) is 0 Å². The molecule has 1 aliphatic carbocycles. The van der Waals surface area contributed by atoms with Crippen molar-refractivity contribution in [3.8, 4) is 0 Å². The topological polar surface area (TPSA) is 0 Å². The number of hydrogen-bond acceptors (Lipinski definition) is 0. The Kier molecular flexibility index (Phi) is 3.31. The molecule has 0 saturated carbocycles. The van der Waals surface area contributed by atoms with Crippen LogP contribution in [0, 0.1) is 0 Å². The van der Waals surface area contributed by atoms with Crippen molar-refractivity contribution < 1.29 is 0 Å². The van der Waals surface area contributed by atoms with E-state index in [4.69, 9.17) is 0 Å². The third-order valence-corrected chi connectivity index (χ3v) is 4.99. The second-order valence-corrected chi connectivity index (χ2v) is 6.25. The van der Waals surface area contributed by atoms with Crippen LogP contribution in [0.2, 0.25) is 0 Å². The van der Waals surface area contributed by atoms with Gasteiger partial charge in [-0.15, -0.1) is 0 Å². The van der Waals surface area contributed by atoms with E-state index in [0.29, 0.717) is 11.8 Å². The summed E-state index contributed by atoms with van der Waals surface area (Å²) in [6.07, 6.45) is 1.06. The molecule has 0 fully saturated rings. The molecular weight excluding hydrogens is 264 g/mol. The molecule has 0 radical (unpaired) electrons. The van der Waals surface area contributed by atoms with Gasteiger partial charge in [0.2, 0.25) is 0 Å². The van der Waals surface area contributed by atoms with Crippen molar-refractivity contribution in [3.63, 3.8) is 0 Å². The summed E-state index contributed by atoms with van der Waals surface area (Å²) in [5.74, 6) is 0.923. The highest BCUT2D eigenvalue weighted by Gasteiger charge is 2.29. The van der Waals surface area contributed by atoms with Gasteiger partial charge in [-0.3, -0.25) is 0 Å². The fraction of sp³-hybridized carbons (Fsp3) is 0.182. The molecule has 0 heterocycles. The summed E-state index contributed by atoms with van der Waals surface area (Å²) >= 11 is 0. The van der Waals surface area contributed by atoms with Crippen LogP contribution in [-0.4, -0.2) is 0 Å². The van der Waals surface area contributed by atoms with Gasteiger partial charge < -0.3 is 0 Å². The predicted molar refractivity (Wildman–Crippen MR) is 92.4 cm³/mol. The van der Waals surface area contributed by atoms with Crippen molar-refractivity contribution >= 4 is 0 Å². The molecule has 1 unspecified atom stereocenters. The van der Waals surface area contributed by atoms with Crippen molar-refractivity contribution in [2.24, 2.45) is 0 Å². The van der Waals surface area contributed by atoms with Crippen molar-refractivity contribution in [3.05, 3.63) is 107 Å². The van der Waals surface area contributed by atoms with Gasteiger partial charge in [0.05, 0.1) is 0 Å². The fourth-order valence-electron chi connectivity index (χ4n) is 3.86. The second-order valence-electron chi connectivity index (χ2n) is 6.25. The van der Waals surface area contributed by atoms with Gasteiger partial charge >= 0.3 is 0 Å². The minimum absolute atomic E-state index is 0.448. The first-order valence-corrected chi connectivity index (χ1v) is 8.05. The maximum Gasteiger partial charge on any atom is 0.0161 e. The molecule has 0 aromatic heterocycles. The Balaban J connectivity index is 1.88. The monoisotopic (exact) mass is 284 g/mol. The first kappa shape index (κ1) is 13.3. The molecule has 0 amide bonds. The van der Waals surface area contributed by atoms with E-state index in [1.807, 2.05) is 0 Å². The number of rotatable bonds is 2. The Hall–Kier alpha value is -2.34. The van der Waals surface area contributed by atoms with E-state index in [9.17, 15) is 0 Å². The first-order chi connectivity index (χ1) is 10.8. The van der Waals surface area contributed by atoms with Crippen LogP contribution in [0.1, 0.15) is 46.6 Å². The molecule has 0 nitrogen and oxygen atoms in total. The van der Waals surface area contributed by atoms with Gasteiger partial charge in [-0.2, -0.15) is 0 Å². The van der Waals surface area contributed by atoms with Gasteiger partial charge in [0.1, 0.15) is 0 Å².